The first kappa shape index (κ1) is 12.3. The SMILES string of the molecule is C[C@@]12CC=C[C@H]1[C@@H]1C[C@@H](O)[C@]34C[C@H]3CC[C@]4(C)[C@H]1CC2. The van der Waals surface area contributed by atoms with Crippen molar-refractivity contribution >= 4 is 0 Å². The van der Waals surface area contributed by atoms with E-state index in [-0.39, 0.29) is 6.10 Å². The lowest BCUT2D eigenvalue weighted by molar-refractivity contribution is -0.139. The lowest BCUT2D eigenvalue weighted by Gasteiger charge is -2.59. The Labute approximate surface area is 122 Å². The molecule has 0 heterocycles. The van der Waals surface area contributed by atoms with Crippen molar-refractivity contribution in [3.8, 4) is 0 Å². The van der Waals surface area contributed by atoms with Crippen LogP contribution in [0.4, 0.5) is 0 Å². The zero-order chi connectivity index (χ0) is 13.8. The average molecular weight is 272 g/mol. The van der Waals surface area contributed by atoms with Gasteiger partial charge in [0.15, 0.2) is 0 Å². The molecule has 0 unspecified atom stereocenters. The Morgan fingerprint density at radius 1 is 1.15 bits per heavy atom. The molecule has 0 radical (unpaired) electrons. The van der Waals surface area contributed by atoms with Crippen molar-refractivity contribution in [1.82, 2.24) is 0 Å². The largest absolute Gasteiger partial charge is 0.393 e. The highest BCUT2D eigenvalue weighted by atomic mass is 16.3. The van der Waals surface area contributed by atoms with Crippen LogP contribution >= 0.6 is 0 Å². The molecule has 0 aromatic rings. The van der Waals surface area contributed by atoms with E-state index in [1.165, 1.54) is 38.5 Å². The van der Waals surface area contributed by atoms with Gasteiger partial charge in [-0.25, -0.2) is 0 Å². The van der Waals surface area contributed by atoms with Crippen molar-refractivity contribution in [2.45, 2.75) is 64.9 Å². The van der Waals surface area contributed by atoms with Gasteiger partial charge < -0.3 is 5.11 Å². The van der Waals surface area contributed by atoms with Gasteiger partial charge in [-0.3, -0.25) is 0 Å². The highest BCUT2D eigenvalue weighted by Crippen LogP contribution is 2.81. The predicted molar refractivity (Wildman–Crippen MR) is 80.1 cm³/mol. The summed E-state index contributed by atoms with van der Waals surface area (Å²) in [5.41, 5.74) is 1.32. The second kappa shape index (κ2) is 3.37. The van der Waals surface area contributed by atoms with Gasteiger partial charge in [-0.2, -0.15) is 0 Å². The van der Waals surface area contributed by atoms with E-state index in [9.17, 15) is 5.11 Å². The standard InChI is InChI=1S/C19H28O/c1-17-7-3-4-14(17)13-10-16(20)19-11-12(19)5-9-18(19,2)15(13)6-8-17/h3-4,12-16,20H,5-11H2,1-2H3/t12-,13+,14+,15+,16-,17+,18-,19+/m1/s1. The summed E-state index contributed by atoms with van der Waals surface area (Å²) in [7, 11) is 0. The molecule has 0 aromatic heterocycles. The van der Waals surface area contributed by atoms with Crippen molar-refractivity contribution in [1.29, 1.82) is 0 Å². The number of aliphatic hydroxyl groups is 1. The van der Waals surface area contributed by atoms with E-state index in [1.54, 1.807) is 0 Å². The van der Waals surface area contributed by atoms with Gasteiger partial charge >= 0.3 is 0 Å². The maximum Gasteiger partial charge on any atom is 0.0607 e. The molecule has 0 bridgehead atoms. The van der Waals surface area contributed by atoms with Crippen LogP contribution in [-0.2, 0) is 0 Å². The first-order valence-electron chi connectivity index (χ1n) is 8.86. The molecule has 5 aliphatic carbocycles. The van der Waals surface area contributed by atoms with Crippen molar-refractivity contribution < 1.29 is 5.11 Å². The molecule has 1 spiro atoms. The number of hydrogen-bond acceptors (Lipinski definition) is 1. The Morgan fingerprint density at radius 3 is 2.80 bits per heavy atom. The summed E-state index contributed by atoms with van der Waals surface area (Å²) in [5.74, 6) is 3.27. The molecule has 1 N–H and O–H groups in total. The van der Waals surface area contributed by atoms with Crippen molar-refractivity contribution in [3.63, 3.8) is 0 Å². The fraction of sp³-hybridized carbons (Fsp3) is 0.895. The molecule has 4 saturated carbocycles. The monoisotopic (exact) mass is 272 g/mol. The normalized spacial score (nSPS) is 66.2. The number of rotatable bonds is 0. The van der Waals surface area contributed by atoms with Gasteiger partial charge in [0.25, 0.3) is 0 Å². The molecule has 0 aliphatic heterocycles. The number of hydrogen-bond donors (Lipinski definition) is 1. The fourth-order valence-electron chi connectivity index (χ4n) is 7.73. The fourth-order valence-corrected chi connectivity index (χ4v) is 7.73. The molecule has 20 heavy (non-hydrogen) atoms. The van der Waals surface area contributed by atoms with Crippen LogP contribution in [0.2, 0.25) is 0 Å². The highest BCUT2D eigenvalue weighted by molar-refractivity contribution is 5.26. The number of fused-ring (bicyclic) bond motifs is 4. The van der Waals surface area contributed by atoms with E-state index in [0.29, 0.717) is 16.2 Å². The predicted octanol–water partition coefficient (Wildman–Crippen LogP) is 4.17. The van der Waals surface area contributed by atoms with Gasteiger partial charge in [0.05, 0.1) is 6.10 Å². The number of allylic oxidation sites excluding steroid dienone is 2. The quantitative estimate of drug-likeness (QED) is 0.656. The molecule has 5 aliphatic rings. The van der Waals surface area contributed by atoms with Crippen molar-refractivity contribution in [3.05, 3.63) is 12.2 Å². The molecule has 0 saturated heterocycles. The minimum Gasteiger partial charge on any atom is -0.393 e. The van der Waals surface area contributed by atoms with E-state index in [4.69, 9.17) is 0 Å². The third kappa shape index (κ3) is 1.11. The topological polar surface area (TPSA) is 20.2 Å². The smallest absolute Gasteiger partial charge is 0.0607 e. The Balaban J connectivity index is 1.58. The van der Waals surface area contributed by atoms with E-state index in [2.05, 4.69) is 26.0 Å². The van der Waals surface area contributed by atoms with E-state index < -0.39 is 0 Å². The van der Waals surface area contributed by atoms with Gasteiger partial charge in [-0.05, 0) is 79.4 Å². The maximum atomic E-state index is 11.0. The van der Waals surface area contributed by atoms with Crippen LogP contribution < -0.4 is 0 Å². The lowest BCUT2D eigenvalue weighted by atomic mass is 9.46. The lowest BCUT2D eigenvalue weighted by Crippen LogP contribution is -2.55. The van der Waals surface area contributed by atoms with Gasteiger partial charge in [-0.1, -0.05) is 26.0 Å². The minimum atomic E-state index is -0.00222. The first-order chi connectivity index (χ1) is 9.51. The van der Waals surface area contributed by atoms with Crippen LogP contribution in [0.1, 0.15) is 58.8 Å². The van der Waals surface area contributed by atoms with Crippen LogP contribution in [0.15, 0.2) is 12.2 Å². The molecule has 0 amide bonds. The van der Waals surface area contributed by atoms with Gasteiger partial charge in [0.2, 0.25) is 0 Å². The van der Waals surface area contributed by atoms with Gasteiger partial charge in [-0.15, -0.1) is 0 Å². The second-order valence-electron chi connectivity index (χ2n) is 9.27. The summed E-state index contributed by atoms with van der Waals surface area (Å²) in [6, 6.07) is 0. The molecule has 1 nitrogen and oxygen atoms in total. The second-order valence-corrected chi connectivity index (χ2v) is 9.27. The zero-order valence-corrected chi connectivity index (χ0v) is 12.9. The van der Waals surface area contributed by atoms with Crippen LogP contribution in [0.5, 0.6) is 0 Å². The Morgan fingerprint density at radius 2 is 2.00 bits per heavy atom. The van der Waals surface area contributed by atoms with Gasteiger partial charge in [0, 0.05) is 5.41 Å². The molecule has 5 rings (SSSR count). The van der Waals surface area contributed by atoms with E-state index >= 15 is 0 Å². The Kier molecular flexibility index (Phi) is 2.07. The first-order valence-corrected chi connectivity index (χ1v) is 8.86. The summed E-state index contributed by atoms with van der Waals surface area (Å²) in [6.07, 6.45) is 14.3. The van der Waals surface area contributed by atoms with E-state index in [1.807, 2.05) is 0 Å². The third-order valence-electron chi connectivity index (χ3n) is 8.87. The third-order valence-corrected chi connectivity index (χ3v) is 8.87. The average Bonchev–Trinajstić information content (AvgIpc) is 2.90. The van der Waals surface area contributed by atoms with Crippen LogP contribution in [0.25, 0.3) is 0 Å². The van der Waals surface area contributed by atoms with Crippen LogP contribution in [-0.4, -0.2) is 11.2 Å². The van der Waals surface area contributed by atoms with Crippen LogP contribution in [0, 0.1) is 39.9 Å². The van der Waals surface area contributed by atoms with Crippen molar-refractivity contribution in [2.24, 2.45) is 39.9 Å². The Bertz CT molecular complexity index is 496. The van der Waals surface area contributed by atoms with Crippen molar-refractivity contribution in [2.75, 3.05) is 0 Å². The summed E-state index contributed by atoms with van der Waals surface area (Å²) in [5, 5.41) is 11.0. The maximum absolute atomic E-state index is 11.0. The van der Waals surface area contributed by atoms with E-state index in [0.717, 1.165) is 30.1 Å². The summed E-state index contributed by atoms with van der Waals surface area (Å²) >= 11 is 0. The zero-order valence-electron chi connectivity index (χ0n) is 12.9. The van der Waals surface area contributed by atoms with Gasteiger partial charge in [0.1, 0.15) is 0 Å². The molecule has 0 aromatic carbocycles. The summed E-state index contributed by atoms with van der Waals surface area (Å²) in [6.45, 7) is 5.06. The molecule has 8 atom stereocenters. The highest BCUT2D eigenvalue weighted by Gasteiger charge is 2.76. The molecular weight excluding hydrogens is 244 g/mol. The van der Waals surface area contributed by atoms with Crippen LogP contribution in [0.3, 0.4) is 0 Å². The molecule has 1 heteroatoms. The molecule has 110 valence electrons. The summed E-state index contributed by atoms with van der Waals surface area (Å²) < 4.78 is 0. The minimum absolute atomic E-state index is 0.00222. The Hall–Kier alpha value is -0.300. The molecular formula is C19H28O. The number of aliphatic hydroxyl groups excluding tert-OH is 1. The molecule has 4 fully saturated rings. The summed E-state index contributed by atoms with van der Waals surface area (Å²) in [4.78, 5) is 0.